The van der Waals surface area contributed by atoms with Crippen molar-refractivity contribution >= 4 is 15.9 Å². The van der Waals surface area contributed by atoms with Gasteiger partial charge in [-0.3, -0.25) is 4.68 Å². The maximum Gasteiger partial charge on any atom is 0.0779 e. The number of likely N-dealkylation sites (N-methyl/N-ethyl adjacent to an activating group) is 1. The number of ether oxygens (including phenoxy) is 1. The maximum atomic E-state index is 6.04. The minimum atomic E-state index is 0.0857. The lowest BCUT2D eigenvalue weighted by Crippen LogP contribution is -2.48. The SMILES string of the molecule is CCOC(C(Cc1c(Br)c(CC)nn1C)NC)C(C)(C)C. The van der Waals surface area contributed by atoms with E-state index in [9.17, 15) is 0 Å². The van der Waals surface area contributed by atoms with Gasteiger partial charge in [0, 0.05) is 26.1 Å². The lowest BCUT2D eigenvalue weighted by Gasteiger charge is -2.36. The maximum absolute atomic E-state index is 6.04. The number of hydrogen-bond acceptors (Lipinski definition) is 3. The highest BCUT2D eigenvalue weighted by atomic mass is 79.9. The van der Waals surface area contributed by atoms with Gasteiger partial charge in [-0.05, 0) is 41.7 Å². The molecule has 1 aromatic rings. The lowest BCUT2D eigenvalue weighted by molar-refractivity contribution is -0.0344. The highest BCUT2D eigenvalue weighted by molar-refractivity contribution is 9.10. The fraction of sp³-hybridized carbons (Fsp3) is 0.812. The smallest absolute Gasteiger partial charge is 0.0779 e. The Morgan fingerprint density at radius 1 is 1.33 bits per heavy atom. The molecule has 0 saturated heterocycles. The standard InChI is InChI=1S/C16H30BrN3O/c1-8-11-14(17)13(20(7)19-11)10-12(18-6)15(21-9-2)16(3,4)5/h12,15,18H,8-10H2,1-7H3. The second-order valence-corrected chi connectivity index (χ2v) is 7.32. The minimum absolute atomic E-state index is 0.0857. The van der Waals surface area contributed by atoms with Crippen molar-refractivity contribution in [1.82, 2.24) is 15.1 Å². The minimum Gasteiger partial charge on any atom is -0.376 e. The Kier molecular flexibility index (Phi) is 6.88. The van der Waals surface area contributed by atoms with Crippen LogP contribution in [0.5, 0.6) is 0 Å². The molecule has 2 unspecified atom stereocenters. The van der Waals surface area contributed by atoms with Gasteiger partial charge in [0.05, 0.1) is 22.0 Å². The summed E-state index contributed by atoms with van der Waals surface area (Å²) in [5.74, 6) is 0. The zero-order chi connectivity index (χ0) is 16.2. The van der Waals surface area contributed by atoms with Gasteiger partial charge in [-0.25, -0.2) is 0 Å². The third-order valence-corrected chi connectivity index (χ3v) is 4.77. The third-order valence-electron chi connectivity index (χ3n) is 3.85. The fourth-order valence-electron chi connectivity index (χ4n) is 2.76. The number of nitrogens with one attached hydrogen (secondary N) is 1. The van der Waals surface area contributed by atoms with Crippen molar-refractivity contribution in [2.24, 2.45) is 12.5 Å². The second kappa shape index (κ2) is 7.75. The highest BCUT2D eigenvalue weighted by Gasteiger charge is 2.33. The number of nitrogens with zero attached hydrogens (tertiary/aromatic N) is 2. The van der Waals surface area contributed by atoms with Gasteiger partial charge >= 0.3 is 0 Å². The van der Waals surface area contributed by atoms with E-state index in [1.165, 1.54) is 5.69 Å². The molecule has 21 heavy (non-hydrogen) atoms. The Morgan fingerprint density at radius 2 is 1.95 bits per heavy atom. The number of halogens is 1. The number of aromatic nitrogens is 2. The summed E-state index contributed by atoms with van der Waals surface area (Å²) in [6.07, 6.45) is 1.98. The first-order valence-electron chi connectivity index (χ1n) is 7.75. The molecule has 0 aliphatic heterocycles. The summed E-state index contributed by atoms with van der Waals surface area (Å²) in [4.78, 5) is 0. The molecule has 0 aromatic carbocycles. The predicted octanol–water partition coefficient (Wildman–Crippen LogP) is 3.33. The van der Waals surface area contributed by atoms with Crippen molar-refractivity contribution in [3.63, 3.8) is 0 Å². The van der Waals surface area contributed by atoms with Gasteiger partial charge in [-0.2, -0.15) is 5.10 Å². The van der Waals surface area contributed by atoms with E-state index in [0.717, 1.165) is 29.6 Å². The first-order chi connectivity index (χ1) is 9.76. The normalized spacial score (nSPS) is 15.2. The molecule has 122 valence electrons. The van der Waals surface area contributed by atoms with E-state index in [0.29, 0.717) is 0 Å². The van der Waals surface area contributed by atoms with Crippen LogP contribution < -0.4 is 5.32 Å². The van der Waals surface area contributed by atoms with E-state index in [1.54, 1.807) is 0 Å². The molecule has 0 spiro atoms. The van der Waals surface area contributed by atoms with Crippen LogP contribution in [0, 0.1) is 5.41 Å². The molecule has 2 atom stereocenters. The highest BCUT2D eigenvalue weighted by Crippen LogP contribution is 2.29. The zero-order valence-electron chi connectivity index (χ0n) is 14.5. The average molecular weight is 360 g/mol. The molecule has 0 aliphatic rings. The van der Waals surface area contributed by atoms with Crippen LogP contribution in [0.3, 0.4) is 0 Å². The van der Waals surface area contributed by atoms with Crippen LogP contribution in [0.1, 0.15) is 46.0 Å². The van der Waals surface area contributed by atoms with Gasteiger partial charge in [0.25, 0.3) is 0 Å². The topological polar surface area (TPSA) is 39.1 Å². The second-order valence-electron chi connectivity index (χ2n) is 6.53. The van der Waals surface area contributed by atoms with Crippen LogP contribution in [0.25, 0.3) is 0 Å². The van der Waals surface area contributed by atoms with E-state index in [2.05, 4.69) is 61.0 Å². The molecule has 1 N–H and O–H groups in total. The Hall–Kier alpha value is -0.390. The summed E-state index contributed by atoms with van der Waals surface area (Å²) in [5, 5.41) is 8.02. The van der Waals surface area contributed by atoms with E-state index in [-0.39, 0.29) is 17.6 Å². The van der Waals surface area contributed by atoms with E-state index in [1.807, 2.05) is 18.8 Å². The molecule has 0 aliphatic carbocycles. The summed E-state index contributed by atoms with van der Waals surface area (Å²) in [5.41, 5.74) is 2.42. The van der Waals surface area contributed by atoms with Crippen molar-refractivity contribution in [2.75, 3.05) is 13.7 Å². The lowest BCUT2D eigenvalue weighted by atomic mass is 9.83. The van der Waals surface area contributed by atoms with E-state index in [4.69, 9.17) is 4.74 Å². The molecule has 0 radical (unpaired) electrons. The first kappa shape index (κ1) is 18.7. The molecule has 5 heteroatoms. The fourth-order valence-corrected chi connectivity index (χ4v) is 3.54. The zero-order valence-corrected chi connectivity index (χ0v) is 16.0. The summed E-state index contributed by atoms with van der Waals surface area (Å²) >= 11 is 3.71. The molecule has 0 bridgehead atoms. The van der Waals surface area contributed by atoms with Crippen LogP contribution in [0.4, 0.5) is 0 Å². The van der Waals surface area contributed by atoms with Crippen molar-refractivity contribution in [1.29, 1.82) is 0 Å². The van der Waals surface area contributed by atoms with Gasteiger partial charge in [0.2, 0.25) is 0 Å². The molecular formula is C16H30BrN3O. The van der Waals surface area contributed by atoms with Crippen molar-refractivity contribution < 1.29 is 4.74 Å². The van der Waals surface area contributed by atoms with Crippen LogP contribution in [-0.2, 0) is 24.6 Å². The van der Waals surface area contributed by atoms with Crippen molar-refractivity contribution in [3.8, 4) is 0 Å². The van der Waals surface area contributed by atoms with Crippen LogP contribution in [0.15, 0.2) is 4.47 Å². The number of aryl methyl sites for hydroxylation is 2. The summed E-state index contributed by atoms with van der Waals surface area (Å²) < 4.78 is 9.16. The Balaban J connectivity index is 3.03. The van der Waals surface area contributed by atoms with Crippen LogP contribution in [0.2, 0.25) is 0 Å². The predicted molar refractivity (Wildman–Crippen MR) is 91.7 cm³/mol. The Bertz CT molecular complexity index is 451. The summed E-state index contributed by atoms with van der Waals surface area (Å²) in [7, 11) is 4.02. The van der Waals surface area contributed by atoms with Gasteiger partial charge in [-0.15, -0.1) is 0 Å². The van der Waals surface area contributed by atoms with Gasteiger partial charge in [0.1, 0.15) is 0 Å². The van der Waals surface area contributed by atoms with Crippen LogP contribution in [-0.4, -0.2) is 35.6 Å². The first-order valence-corrected chi connectivity index (χ1v) is 8.54. The Morgan fingerprint density at radius 3 is 2.33 bits per heavy atom. The quantitative estimate of drug-likeness (QED) is 0.811. The van der Waals surface area contributed by atoms with E-state index >= 15 is 0 Å². The van der Waals surface area contributed by atoms with Gasteiger partial charge in [-0.1, -0.05) is 27.7 Å². The van der Waals surface area contributed by atoms with Crippen molar-refractivity contribution in [2.45, 2.75) is 59.6 Å². The third kappa shape index (κ3) is 4.54. The van der Waals surface area contributed by atoms with Gasteiger partial charge in [0.15, 0.2) is 0 Å². The molecule has 1 rings (SSSR count). The Labute approximate surface area is 137 Å². The van der Waals surface area contributed by atoms with Crippen molar-refractivity contribution in [3.05, 3.63) is 15.9 Å². The molecule has 1 aromatic heterocycles. The van der Waals surface area contributed by atoms with Crippen LogP contribution >= 0.6 is 15.9 Å². The van der Waals surface area contributed by atoms with E-state index < -0.39 is 0 Å². The summed E-state index contributed by atoms with van der Waals surface area (Å²) in [6.45, 7) is 11.6. The molecular weight excluding hydrogens is 330 g/mol. The molecule has 0 fully saturated rings. The number of hydrogen-bond donors (Lipinski definition) is 1. The average Bonchev–Trinajstić information content (AvgIpc) is 2.68. The molecule has 0 amide bonds. The monoisotopic (exact) mass is 359 g/mol. The molecule has 4 nitrogen and oxygen atoms in total. The molecule has 0 saturated carbocycles. The summed E-state index contributed by atoms with van der Waals surface area (Å²) in [6, 6.07) is 0.251. The largest absolute Gasteiger partial charge is 0.376 e. The molecule has 1 heterocycles. The van der Waals surface area contributed by atoms with Gasteiger partial charge < -0.3 is 10.1 Å². The number of rotatable bonds is 7.